The molecule has 0 saturated carbocycles. The van der Waals surface area contributed by atoms with Crippen molar-refractivity contribution in [1.82, 2.24) is 4.90 Å². The van der Waals surface area contributed by atoms with E-state index in [0.717, 1.165) is 24.5 Å². The predicted octanol–water partition coefficient (Wildman–Crippen LogP) is 0.691. The first kappa shape index (κ1) is 13.7. The van der Waals surface area contributed by atoms with E-state index in [9.17, 15) is 4.79 Å². The number of nitrogens with two attached hydrogens (primary N) is 1. The van der Waals surface area contributed by atoms with E-state index in [2.05, 4.69) is 4.90 Å². The molecule has 5 heteroatoms. The largest absolute Gasteiger partial charge is 0.497 e. The van der Waals surface area contributed by atoms with E-state index < -0.39 is 0 Å². The molecule has 1 atom stereocenters. The Balaban J connectivity index is 2.27. The molecule has 1 saturated heterocycles. The van der Waals surface area contributed by atoms with Crippen molar-refractivity contribution in [2.24, 2.45) is 5.73 Å². The Kier molecular flexibility index (Phi) is 4.27. The third-order valence-electron chi connectivity index (χ3n) is 3.54. The quantitative estimate of drug-likeness (QED) is 0.868. The van der Waals surface area contributed by atoms with Crippen LogP contribution in [0.3, 0.4) is 0 Å². The first-order valence-electron chi connectivity index (χ1n) is 6.53. The molecule has 2 N–H and O–H groups in total. The van der Waals surface area contributed by atoms with Crippen molar-refractivity contribution in [3.63, 3.8) is 0 Å². The highest BCUT2D eigenvalue weighted by Gasteiger charge is 2.32. The number of carbonyl (C=O) groups is 1. The summed E-state index contributed by atoms with van der Waals surface area (Å²) in [5, 5.41) is 0. The molecule has 1 heterocycles. The van der Waals surface area contributed by atoms with Crippen molar-refractivity contribution in [3.05, 3.63) is 24.3 Å². The van der Waals surface area contributed by atoms with Crippen LogP contribution in [0, 0.1) is 0 Å². The lowest BCUT2D eigenvalue weighted by atomic mass is 10.1. The maximum Gasteiger partial charge on any atom is 0.245 e. The van der Waals surface area contributed by atoms with Crippen molar-refractivity contribution in [2.45, 2.75) is 12.5 Å². The third-order valence-corrected chi connectivity index (χ3v) is 3.54. The number of likely N-dealkylation sites (N-methyl/N-ethyl adjacent to an activating group) is 1. The van der Waals surface area contributed by atoms with Crippen LogP contribution in [0.4, 0.5) is 5.69 Å². The van der Waals surface area contributed by atoms with Crippen molar-refractivity contribution >= 4 is 11.6 Å². The molecule has 0 radical (unpaired) electrons. The van der Waals surface area contributed by atoms with Gasteiger partial charge in [-0.15, -0.1) is 0 Å². The molecule has 0 aromatic heterocycles. The molecule has 1 unspecified atom stereocenters. The highest BCUT2D eigenvalue weighted by molar-refractivity contribution is 5.86. The third kappa shape index (κ3) is 2.81. The van der Waals surface area contributed by atoms with Crippen LogP contribution in [0.1, 0.15) is 6.42 Å². The van der Waals surface area contributed by atoms with Crippen molar-refractivity contribution < 1.29 is 9.53 Å². The molecule has 104 valence electrons. The zero-order valence-electron chi connectivity index (χ0n) is 11.5. The Morgan fingerprint density at radius 1 is 1.42 bits per heavy atom. The van der Waals surface area contributed by atoms with Crippen molar-refractivity contribution in [2.75, 3.05) is 38.7 Å². The summed E-state index contributed by atoms with van der Waals surface area (Å²) in [5.74, 6) is 0.940. The van der Waals surface area contributed by atoms with E-state index in [-0.39, 0.29) is 11.9 Å². The summed E-state index contributed by atoms with van der Waals surface area (Å²) in [7, 11) is 3.49. The van der Waals surface area contributed by atoms with Gasteiger partial charge in [-0.1, -0.05) is 6.07 Å². The maximum absolute atomic E-state index is 12.3. The van der Waals surface area contributed by atoms with Gasteiger partial charge < -0.3 is 20.3 Å². The minimum atomic E-state index is -0.171. The summed E-state index contributed by atoms with van der Waals surface area (Å²) in [6.45, 7) is 2.06. The summed E-state index contributed by atoms with van der Waals surface area (Å²) in [4.78, 5) is 16.1. The van der Waals surface area contributed by atoms with E-state index in [0.29, 0.717) is 13.0 Å². The van der Waals surface area contributed by atoms with Crippen LogP contribution < -0.4 is 15.4 Å². The molecule has 0 spiro atoms. The first-order valence-corrected chi connectivity index (χ1v) is 6.53. The van der Waals surface area contributed by atoms with Gasteiger partial charge in [0, 0.05) is 31.9 Å². The van der Waals surface area contributed by atoms with Gasteiger partial charge in [0.25, 0.3) is 0 Å². The van der Waals surface area contributed by atoms with Gasteiger partial charge >= 0.3 is 0 Å². The Hall–Kier alpha value is -1.75. The average Bonchev–Trinajstić information content (AvgIpc) is 2.44. The van der Waals surface area contributed by atoms with Gasteiger partial charge in [0.1, 0.15) is 11.8 Å². The first-order chi connectivity index (χ1) is 9.17. The fourth-order valence-corrected chi connectivity index (χ4v) is 2.45. The summed E-state index contributed by atoms with van der Waals surface area (Å²) in [6.07, 6.45) is 0.667. The van der Waals surface area contributed by atoms with Crippen LogP contribution in [-0.4, -0.2) is 50.6 Å². The van der Waals surface area contributed by atoms with Gasteiger partial charge in [-0.2, -0.15) is 0 Å². The Morgan fingerprint density at radius 2 is 2.21 bits per heavy atom. The van der Waals surface area contributed by atoms with Crippen molar-refractivity contribution in [1.29, 1.82) is 0 Å². The van der Waals surface area contributed by atoms with Crippen LogP contribution in [0.25, 0.3) is 0 Å². The van der Waals surface area contributed by atoms with Gasteiger partial charge in [0.15, 0.2) is 0 Å². The predicted molar refractivity (Wildman–Crippen MR) is 75.4 cm³/mol. The number of hydrogen-bond donors (Lipinski definition) is 1. The summed E-state index contributed by atoms with van der Waals surface area (Å²) in [6, 6.07) is 7.64. The highest BCUT2D eigenvalue weighted by Crippen LogP contribution is 2.26. The van der Waals surface area contributed by atoms with Crippen LogP contribution in [0.2, 0.25) is 0 Å². The van der Waals surface area contributed by atoms with Crippen LogP contribution in [-0.2, 0) is 4.79 Å². The Bertz CT molecular complexity index is 450. The lowest BCUT2D eigenvalue weighted by molar-refractivity contribution is -0.133. The molecular formula is C14H21N3O2. The number of benzene rings is 1. The molecule has 2 rings (SSSR count). The molecular weight excluding hydrogens is 242 g/mol. The number of rotatable bonds is 4. The summed E-state index contributed by atoms with van der Waals surface area (Å²) < 4.78 is 5.24. The summed E-state index contributed by atoms with van der Waals surface area (Å²) >= 11 is 0. The van der Waals surface area contributed by atoms with Crippen LogP contribution >= 0.6 is 0 Å². The normalized spacial score (nSPS) is 19.7. The molecule has 19 heavy (non-hydrogen) atoms. The maximum atomic E-state index is 12.3. The number of hydrogen-bond acceptors (Lipinski definition) is 4. The fourth-order valence-electron chi connectivity index (χ4n) is 2.45. The SMILES string of the molecule is COc1cccc(N2CCN(C)C(=O)C2CCN)c1. The van der Waals surface area contributed by atoms with E-state index in [1.165, 1.54) is 0 Å². The highest BCUT2D eigenvalue weighted by atomic mass is 16.5. The van der Waals surface area contributed by atoms with Crippen LogP contribution in [0.15, 0.2) is 24.3 Å². The molecule has 1 fully saturated rings. The van der Waals surface area contributed by atoms with E-state index in [4.69, 9.17) is 10.5 Å². The van der Waals surface area contributed by atoms with E-state index >= 15 is 0 Å². The molecule has 5 nitrogen and oxygen atoms in total. The number of piperazine rings is 1. The number of ether oxygens (including phenoxy) is 1. The smallest absolute Gasteiger partial charge is 0.245 e. The lowest BCUT2D eigenvalue weighted by Gasteiger charge is -2.40. The molecule has 1 aromatic carbocycles. The number of amides is 1. The van der Waals surface area contributed by atoms with Crippen LogP contribution in [0.5, 0.6) is 5.75 Å². The zero-order chi connectivity index (χ0) is 13.8. The van der Waals surface area contributed by atoms with Gasteiger partial charge in [0.2, 0.25) is 5.91 Å². The average molecular weight is 263 g/mol. The number of nitrogens with zero attached hydrogens (tertiary/aromatic N) is 2. The topological polar surface area (TPSA) is 58.8 Å². The lowest BCUT2D eigenvalue weighted by Crippen LogP contribution is -2.56. The van der Waals surface area contributed by atoms with Crippen molar-refractivity contribution in [3.8, 4) is 5.75 Å². The molecule has 1 aliphatic heterocycles. The van der Waals surface area contributed by atoms with Gasteiger partial charge in [-0.3, -0.25) is 4.79 Å². The number of methoxy groups -OCH3 is 1. The molecule has 0 bridgehead atoms. The van der Waals surface area contributed by atoms with E-state index in [1.54, 1.807) is 12.0 Å². The van der Waals surface area contributed by atoms with Gasteiger partial charge in [-0.25, -0.2) is 0 Å². The second kappa shape index (κ2) is 5.93. The monoisotopic (exact) mass is 263 g/mol. The number of carbonyl (C=O) groups excluding carboxylic acids is 1. The van der Waals surface area contributed by atoms with Gasteiger partial charge in [-0.05, 0) is 25.1 Å². The minimum absolute atomic E-state index is 0.138. The second-order valence-corrected chi connectivity index (χ2v) is 4.75. The Labute approximate surface area is 113 Å². The molecule has 1 amide bonds. The van der Waals surface area contributed by atoms with Gasteiger partial charge in [0.05, 0.1) is 7.11 Å². The standard InChI is InChI=1S/C14H21N3O2/c1-16-8-9-17(13(6-7-15)14(16)18)11-4-3-5-12(10-11)19-2/h3-5,10,13H,6-9,15H2,1-2H3. The molecule has 1 aliphatic rings. The van der Waals surface area contributed by atoms with E-state index in [1.807, 2.05) is 31.3 Å². The molecule has 1 aromatic rings. The second-order valence-electron chi connectivity index (χ2n) is 4.75. The number of anilines is 1. The molecule has 0 aliphatic carbocycles. The fraction of sp³-hybridized carbons (Fsp3) is 0.500. The summed E-state index contributed by atoms with van der Waals surface area (Å²) in [5.41, 5.74) is 6.65. The minimum Gasteiger partial charge on any atom is -0.497 e. The Morgan fingerprint density at radius 3 is 2.89 bits per heavy atom. The zero-order valence-corrected chi connectivity index (χ0v) is 11.5.